The van der Waals surface area contributed by atoms with Crippen LogP contribution in [-0.4, -0.2) is 9.97 Å². The molecule has 4 nitrogen and oxygen atoms in total. The van der Waals surface area contributed by atoms with Crippen LogP contribution in [0.15, 0.2) is 60.9 Å². The summed E-state index contributed by atoms with van der Waals surface area (Å²) in [5.41, 5.74) is 8.95. The molecule has 0 aliphatic heterocycles. The molecule has 5 heteroatoms. The summed E-state index contributed by atoms with van der Waals surface area (Å²) >= 11 is 6.19. The molecule has 0 fully saturated rings. The smallest absolute Gasteiger partial charge is 0.134 e. The lowest BCUT2D eigenvalue weighted by Gasteiger charge is -2.08. The molecule has 0 saturated carbocycles. The minimum atomic E-state index is 0.662. The molecule has 0 atom stereocenters. The Kier molecular flexibility index (Phi) is 3.71. The molecule has 0 saturated heterocycles. The van der Waals surface area contributed by atoms with Crippen molar-refractivity contribution in [2.24, 2.45) is 0 Å². The first-order valence-corrected chi connectivity index (χ1v) is 6.80. The maximum atomic E-state index is 6.19. The molecule has 0 aliphatic rings. The number of nitrogens with one attached hydrogen (secondary N) is 1. The first kappa shape index (κ1) is 13.4. The van der Waals surface area contributed by atoms with Crippen LogP contribution in [0.5, 0.6) is 0 Å². The number of nitrogen functional groups attached to an aromatic ring is 1. The van der Waals surface area contributed by atoms with Gasteiger partial charge in [0.1, 0.15) is 12.1 Å². The maximum Gasteiger partial charge on any atom is 0.134 e. The van der Waals surface area contributed by atoms with Gasteiger partial charge in [-0.15, -0.1) is 0 Å². The first-order valence-electron chi connectivity index (χ1n) is 6.42. The molecule has 0 aliphatic carbocycles. The second-order valence-electron chi connectivity index (χ2n) is 4.52. The minimum Gasteiger partial charge on any atom is -0.399 e. The van der Waals surface area contributed by atoms with Crippen LogP contribution in [0.3, 0.4) is 0 Å². The molecule has 0 amide bonds. The fourth-order valence-electron chi connectivity index (χ4n) is 1.96. The minimum absolute atomic E-state index is 0.662. The molecular formula is C16H13ClN4. The Balaban J connectivity index is 1.90. The topological polar surface area (TPSA) is 63.8 Å². The number of halogens is 1. The van der Waals surface area contributed by atoms with Crippen LogP contribution in [0, 0.1) is 0 Å². The first-order chi connectivity index (χ1) is 10.2. The van der Waals surface area contributed by atoms with Crippen LogP contribution >= 0.6 is 11.6 Å². The predicted molar refractivity (Wildman–Crippen MR) is 86.6 cm³/mol. The molecule has 0 unspecified atom stereocenters. The van der Waals surface area contributed by atoms with Crippen molar-refractivity contribution >= 4 is 28.8 Å². The largest absolute Gasteiger partial charge is 0.399 e. The van der Waals surface area contributed by atoms with E-state index in [1.165, 1.54) is 6.33 Å². The Morgan fingerprint density at radius 3 is 2.48 bits per heavy atom. The van der Waals surface area contributed by atoms with Gasteiger partial charge in [-0.05, 0) is 30.3 Å². The number of benzene rings is 2. The monoisotopic (exact) mass is 296 g/mol. The molecule has 21 heavy (non-hydrogen) atoms. The molecule has 3 aromatic rings. The van der Waals surface area contributed by atoms with E-state index in [-0.39, 0.29) is 0 Å². The van der Waals surface area contributed by atoms with Gasteiger partial charge in [-0.3, -0.25) is 0 Å². The fraction of sp³-hybridized carbons (Fsp3) is 0. The quantitative estimate of drug-likeness (QED) is 0.714. The number of nitrogens with zero attached hydrogens (tertiary/aromatic N) is 2. The SMILES string of the molecule is Nc1ccc(Nc2cc(-c3ccccc3Cl)ncn2)cc1. The van der Waals surface area contributed by atoms with Gasteiger partial charge in [0.15, 0.2) is 0 Å². The van der Waals surface area contributed by atoms with Crippen molar-refractivity contribution in [1.82, 2.24) is 9.97 Å². The number of hydrogen-bond acceptors (Lipinski definition) is 4. The van der Waals surface area contributed by atoms with Gasteiger partial charge in [0.2, 0.25) is 0 Å². The van der Waals surface area contributed by atoms with Gasteiger partial charge in [-0.2, -0.15) is 0 Å². The van der Waals surface area contributed by atoms with E-state index in [9.17, 15) is 0 Å². The molecular weight excluding hydrogens is 284 g/mol. The average Bonchev–Trinajstić information content (AvgIpc) is 2.50. The second-order valence-corrected chi connectivity index (χ2v) is 4.92. The van der Waals surface area contributed by atoms with Gasteiger partial charge in [0, 0.05) is 28.0 Å². The van der Waals surface area contributed by atoms with Crippen LogP contribution in [0.25, 0.3) is 11.3 Å². The molecule has 0 radical (unpaired) electrons. The zero-order chi connectivity index (χ0) is 14.7. The molecule has 0 spiro atoms. The van der Waals surface area contributed by atoms with Crippen molar-refractivity contribution in [2.75, 3.05) is 11.1 Å². The highest BCUT2D eigenvalue weighted by molar-refractivity contribution is 6.33. The van der Waals surface area contributed by atoms with Gasteiger partial charge in [-0.1, -0.05) is 29.8 Å². The maximum absolute atomic E-state index is 6.19. The zero-order valence-corrected chi connectivity index (χ0v) is 11.9. The molecule has 0 bridgehead atoms. The van der Waals surface area contributed by atoms with E-state index in [2.05, 4.69) is 15.3 Å². The average molecular weight is 297 g/mol. The van der Waals surface area contributed by atoms with Crippen molar-refractivity contribution in [1.29, 1.82) is 0 Å². The lowest BCUT2D eigenvalue weighted by molar-refractivity contribution is 1.17. The molecule has 2 aromatic carbocycles. The van der Waals surface area contributed by atoms with Crippen molar-refractivity contribution in [3.8, 4) is 11.3 Å². The fourth-order valence-corrected chi connectivity index (χ4v) is 2.19. The lowest BCUT2D eigenvalue weighted by Crippen LogP contribution is -1.96. The summed E-state index contributed by atoms with van der Waals surface area (Å²) in [6, 6.07) is 16.9. The van der Waals surface area contributed by atoms with E-state index in [4.69, 9.17) is 17.3 Å². The van der Waals surface area contributed by atoms with Gasteiger partial charge in [0.25, 0.3) is 0 Å². The van der Waals surface area contributed by atoms with Crippen molar-refractivity contribution in [3.05, 3.63) is 65.9 Å². The molecule has 1 heterocycles. The van der Waals surface area contributed by atoms with E-state index in [1.807, 2.05) is 54.6 Å². The molecule has 3 N–H and O–H groups in total. The van der Waals surface area contributed by atoms with E-state index >= 15 is 0 Å². The van der Waals surface area contributed by atoms with Crippen LogP contribution in [0.4, 0.5) is 17.2 Å². The summed E-state index contributed by atoms with van der Waals surface area (Å²) in [6.45, 7) is 0. The molecule has 1 aromatic heterocycles. The summed E-state index contributed by atoms with van der Waals surface area (Å²) < 4.78 is 0. The van der Waals surface area contributed by atoms with Crippen molar-refractivity contribution < 1.29 is 0 Å². The Morgan fingerprint density at radius 1 is 0.952 bits per heavy atom. The van der Waals surface area contributed by atoms with Gasteiger partial charge >= 0.3 is 0 Å². The van der Waals surface area contributed by atoms with Gasteiger partial charge in [0.05, 0.1) is 5.69 Å². The van der Waals surface area contributed by atoms with Crippen LogP contribution < -0.4 is 11.1 Å². The predicted octanol–water partition coefficient (Wildman–Crippen LogP) is 4.12. The number of nitrogens with two attached hydrogens (primary N) is 1. The van der Waals surface area contributed by atoms with E-state index < -0.39 is 0 Å². The Hall–Kier alpha value is -2.59. The molecule has 3 rings (SSSR count). The Labute approximate surface area is 127 Å². The summed E-state index contributed by atoms with van der Waals surface area (Å²) in [6.07, 6.45) is 1.51. The highest BCUT2D eigenvalue weighted by Gasteiger charge is 2.05. The highest BCUT2D eigenvalue weighted by Crippen LogP contribution is 2.27. The third kappa shape index (κ3) is 3.12. The van der Waals surface area contributed by atoms with Crippen molar-refractivity contribution in [2.45, 2.75) is 0 Å². The third-order valence-corrected chi connectivity index (χ3v) is 3.33. The number of rotatable bonds is 3. The van der Waals surface area contributed by atoms with E-state index in [0.29, 0.717) is 10.8 Å². The zero-order valence-electron chi connectivity index (χ0n) is 11.1. The highest BCUT2D eigenvalue weighted by atomic mass is 35.5. The summed E-state index contributed by atoms with van der Waals surface area (Å²) in [5.74, 6) is 0.699. The standard InChI is InChI=1S/C16H13ClN4/c17-14-4-2-1-3-13(14)15-9-16(20-10-19-15)21-12-7-5-11(18)6-8-12/h1-10H,18H2,(H,19,20,21). The van der Waals surface area contributed by atoms with Crippen LogP contribution in [0.2, 0.25) is 5.02 Å². The number of anilines is 3. The third-order valence-electron chi connectivity index (χ3n) is 3.00. The number of aromatic nitrogens is 2. The van der Waals surface area contributed by atoms with Gasteiger partial charge in [-0.25, -0.2) is 9.97 Å². The van der Waals surface area contributed by atoms with E-state index in [0.717, 1.165) is 22.6 Å². The molecule has 104 valence electrons. The summed E-state index contributed by atoms with van der Waals surface area (Å²) in [4.78, 5) is 8.49. The second kappa shape index (κ2) is 5.81. The summed E-state index contributed by atoms with van der Waals surface area (Å²) in [7, 11) is 0. The normalized spacial score (nSPS) is 10.3. The lowest BCUT2D eigenvalue weighted by atomic mass is 10.1. The van der Waals surface area contributed by atoms with Crippen LogP contribution in [-0.2, 0) is 0 Å². The Morgan fingerprint density at radius 2 is 1.71 bits per heavy atom. The van der Waals surface area contributed by atoms with Crippen LogP contribution in [0.1, 0.15) is 0 Å². The summed E-state index contributed by atoms with van der Waals surface area (Å²) in [5, 5.41) is 3.87. The van der Waals surface area contributed by atoms with Gasteiger partial charge < -0.3 is 11.1 Å². The number of hydrogen-bond donors (Lipinski definition) is 2. The Bertz CT molecular complexity index is 756. The van der Waals surface area contributed by atoms with Crippen molar-refractivity contribution in [3.63, 3.8) is 0 Å². The van der Waals surface area contributed by atoms with E-state index in [1.54, 1.807) is 0 Å².